The van der Waals surface area contributed by atoms with E-state index in [4.69, 9.17) is 11.6 Å². The Balaban J connectivity index is 2.04. The molecule has 8 nitrogen and oxygen atoms in total. The number of aromatic nitrogens is 2. The Morgan fingerprint density at radius 2 is 1.74 bits per heavy atom. The van der Waals surface area contributed by atoms with Crippen LogP contribution in [0.25, 0.3) is 16.7 Å². The van der Waals surface area contributed by atoms with Crippen molar-refractivity contribution in [3.63, 3.8) is 0 Å². The first kappa shape index (κ1) is 25.0. The van der Waals surface area contributed by atoms with E-state index in [2.05, 4.69) is 10.3 Å². The minimum Gasteiger partial charge on any atom is -0.389 e. The smallest absolute Gasteiger partial charge is 0.257 e. The molecule has 3 aromatic rings. The van der Waals surface area contributed by atoms with Crippen molar-refractivity contribution >= 4 is 34.4 Å². The van der Waals surface area contributed by atoms with Crippen LogP contribution in [0.1, 0.15) is 31.1 Å². The second-order valence-corrected chi connectivity index (χ2v) is 9.78. The van der Waals surface area contributed by atoms with E-state index in [1.165, 1.54) is 4.90 Å². The SMILES string of the molecule is CC(C)(C)NC(=O)c1cn(-c2c(F)cc(F)cc2Cl)c2nc(N3C[C@@H](O)[C@H](O)C3)c(F)cc2c1=O. The van der Waals surface area contributed by atoms with Crippen LogP contribution in [0.3, 0.4) is 0 Å². The van der Waals surface area contributed by atoms with E-state index in [0.29, 0.717) is 6.07 Å². The van der Waals surface area contributed by atoms with E-state index in [1.807, 2.05) is 0 Å². The van der Waals surface area contributed by atoms with E-state index >= 15 is 4.39 Å². The predicted octanol–water partition coefficient (Wildman–Crippen LogP) is 2.53. The van der Waals surface area contributed by atoms with Gasteiger partial charge in [0.2, 0.25) is 5.43 Å². The highest BCUT2D eigenvalue weighted by atomic mass is 35.5. The average molecular weight is 511 g/mol. The molecule has 0 unspecified atom stereocenters. The zero-order chi connectivity index (χ0) is 25.8. The number of carbonyl (C=O) groups is 1. The van der Waals surface area contributed by atoms with Crippen molar-refractivity contribution in [2.24, 2.45) is 0 Å². The molecule has 0 bridgehead atoms. The third kappa shape index (κ3) is 4.71. The maximum Gasteiger partial charge on any atom is 0.257 e. The van der Waals surface area contributed by atoms with Gasteiger partial charge in [0.15, 0.2) is 23.1 Å². The van der Waals surface area contributed by atoms with Crippen LogP contribution < -0.4 is 15.6 Å². The summed E-state index contributed by atoms with van der Waals surface area (Å²) in [5.74, 6) is -4.13. The van der Waals surface area contributed by atoms with Crippen molar-refractivity contribution in [1.29, 1.82) is 0 Å². The van der Waals surface area contributed by atoms with Crippen molar-refractivity contribution in [2.75, 3.05) is 18.0 Å². The van der Waals surface area contributed by atoms with Gasteiger partial charge >= 0.3 is 0 Å². The van der Waals surface area contributed by atoms with Crippen LogP contribution in [0.2, 0.25) is 5.02 Å². The summed E-state index contributed by atoms with van der Waals surface area (Å²) in [5, 5.41) is 21.6. The molecule has 3 heterocycles. The summed E-state index contributed by atoms with van der Waals surface area (Å²) < 4.78 is 44.7. The number of halogens is 4. The fourth-order valence-corrected chi connectivity index (χ4v) is 4.17. The molecule has 0 radical (unpaired) electrons. The lowest BCUT2D eigenvalue weighted by Crippen LogP contribution is -2.42. The second-order valence-electron chi connectivity index (χ2n) is 9.37. The van der Waals surface area contributed by atoms with Crippen molar-refractivity contribution < 1.29 is 28.2 Å². The summed E-state index contributed by atoms with van der Waals surface area (Å²) >= 11 is 6.13. The van der Waals surface area contributed by atoms with Gasteiger partial charge in [-0.2, -0.15) is 0 Å². The molecule has 35 heavy (non-hydrogen) atoms. The summed E-state index contributed by atoms with van der Waals surface area (Å²) in [6.45, 7) is 4.78. The monoisotopic (exact) mass is 510 g/mol. The van der Waals surface area contributed by atoms with Crippen molar-refractivity contribution in [2.45, 2.75) is 38.5 Å². The van der Waals surface area contributed by atoms with Gasteiger partial charge in [0.25, 0.3) is 5.91 Å². The highest BCUT2D eigenvalue weighted by molar-refractivity contribution is 6.32. The Morgan fingerprint density at radius 1 is 1.11 bits per heavy atom. The lowest BCUT2D eigenvalue weighted by Gasteiger charge is -2.22. The van der Waals surface area contributed by atoms with Gasteiger partial charge in [0.05, 0.1) is 22.6 Å². The molecule has 1 aromatic carbocycles. The Labute approximate surface area is 202 Å². The van der Waals surface area contributed by atoms with Gasteiger partial charge in [-0.1, -0.05) is 11.6 Å². The lowest BCUT2D eigenvalue weighted by molar-refractivity contribution is 0.0572. The van der Waals surface area contributed by atoms with E-state index in [0.717, 1.165) is 22.9 Å². The first-order valence-electron chi connectivity index (χ1n) is 10.6. The number of nitrogens with zero attached hydrogens (tertiary/aromatic N) is 3. The van der Waals surface area contributed by atoms with Crippen LogP contribution in [-0.2, 0) is 0 Å². The number of β-amino-alcohol motifs (C(OH)–C–C–N with tert-alkyl or cyclic N) is 2. The van der Waals surface area contributed by atoms with Gasteiger partial charge in [-0.15, -0.1) is 0 Å². The molecule has 3 N–H and O–H groups in total. The topological polar surface area (TPSA) is 108 Å². The summed E-state index contributed by atoms with van der Waals surface area (Å²) in [4.78, 5) is 31.5. The molecule has 1 aliphatic heterocycles. The van der Waals surface area contributed by atoms with Crippen molar-refractivity contribution in [1.82, 2.24) is 14.9 Å². The molecule has 4 rings (SSSR count). The maximum atomic E-state index is 15.1. The molecule has 0 aliphatic carbocycles. The highest BCUT2D eigenvalue weighted by Gasteiger charge is 2.33. The molecule has 1 amide bonds. The quantitative estimate of drug-likeness (QED) is 0.500. The molecule has 1 fully saturated rings. The van der Waals surface area contributed by atoms with Gasteiger partial charge in [-0.25, -0.2) is 18.2 Å². The minimum atomic E-state index is -1.15. The number of hydrogen-bond acceptors (Lipinski definition) is 6. The Bertz CT molecular complexity index is 1370. The molecule has 2 aromatic heterocycles. The fourth-order valence-electron chi connectivity index (χ4n) is 3.88. The molecule has 0 saturated carbocycles. The number of nitrogens with one attached hydrogen (secondary N) is 1. The van der Waals surface area contributed by atoms with E-state index in [9.17, 15) is 28.6 Å². The lowest BCUT2D eigenvalue weighted by atomic mass is 10.1. The highest BCUT2D eigenvalue weighted by Crippen LogP contribution is 2.30. The van der Waals surface area contributed by atoms with Gasteiger partial charge in [0.1, 0.15) is 17.1 Å². The molecular formula is C23H22ClF3N4O4. The average Bonchev–Trinajstić information content (AvgIpc) is 3.05. The molecular weight excluding hydrogens is 489 g/mol. The molecule has 1 saturated heterocycles. The number of anilines is 1. The van der Waals surface area contributed by atoms with Gasteiger partial charge in [-0.05, 0) is 32.9 Å². The number of pyridine rings is 2. The summed E-state index contributed by atoms with van der Waals surface area (Å²) in [6, 6.07) is 2.25. The number of carbonyl (C=O) groups excluding carboxylic acids is 1. The molecule has 12 heteroatoms. The van der Waals surface area contributed by atoms with E-state index in [1.54, 1.807) is 20.8 Å². The van der Waals surface area contributed by atoms with Crippen LogP contribution in [0.5, 0.6) is 0 Å². The van der Waals surface area contributed by atoms with Gasteiger partial charge < -0.3 is 20.4 Å². The summed E-state index contributed by atoms with van der Waals surface area (Å²) in [6.07, 6.45) is -1.29. The van der Waals surface area contributed by atoms with Crippen LogP contribution in [0, 0.1) is 17.5 Å². The first-order valence-corrected chi connectivity index (χ1v) is 11.0. The third-order valence-electron chi connectivity index (χ3n) is 5.43. The normalized spacial score (nSPS) is 18.4. The largest absolute Gasteiger partial charge is 0.389 e. The summed E-state index contributed by atoms with van der Waals surface area (Å²) in [7, 11) is 0. The maximum absolute atomic E-state index is 15.1. The van der Waals surface area contributed by atoms with Crippen LogP contribution in [0.4, 0.5) is 19.0 Å². The van der Waals surface area contributed by atoms with Crippen LogP contribution >= 0.6 is 11.6 Å². The third-order valence-corrected chi connectivity index (χ3v) is 5.72. The fraction of sp³-hybridized carbons (Fsp3) is 0.348. The number of aliphatic hydroxyl groups excluding tert-OH is 2. The number of aliphatic hydroxyl groups is 2. The van der Waals surface area contributed by atoms with Crippen molar-refractivity contribution in [3.8, 4) is 5.69 Å². The van der Waals surface area contributed by atoms with Crippen LogP contribution in [-0.4, -0.2) is 56.5 Å². The number of fused-ring (bicyclic) bond motifs is 1. The zero-order valence-corrected chi connectivity index (χ0v) is 19.7. The standard InChI is InChI=1S/C23H22ClF3N4O4/c1-23(2,3)29-22(35)12-7-31(18-13(24)4-10(25)5-14(18)26)20-11(19(12)34)6-15(27)21(28-20)30-8-16(32)17(33)9-30/h4-7,16-17,32-33H,8-9H2,1-3H3,(H,29,35)/t16-,17-/m1/s1. The first-order chi connectivity index (χ1) is 16.3. The Morgan fingerprint density at radius 3 is 2.31 bits per heavy atom. The molecule has 186 valence electrons. The molecule has 1 aliphatic rings. The number of hydrogen-bond donors (Lipinski definition) is 3. The van der Waals surface area contributed by atoms with E-state index in [-0.39, 0.29) is 35.0 Å². The predicted molar refractivity (Wildman–Crippen MR) is 124 cm³/mol. The van der Waals surface area contributed by atoms with Gasteiger partial charge in [-0.3, -0.25) is 14.2 Å². The van der Waals surface area contributed by atoms with E-state index < -0.39 is 57.8 Å². The number of rotatable bonds is 3. The molecule has 0 spiro atoms. The Kier molecular flexibility index (Phi) is 6.28. The summed E-state index contributed by atoms with van der Waals surface area (Å²) in [5.41, 5.74) is -2.70. The van der Waals surface area contributed by atoms with Gasteiger partial charge in [0, 0.05) is 30.9 Å². The Hall–Kier alpha value is -3.15. The number of amides is 1. The minimum absolute atomic E-state index is 0.140. The van der Waals surface area contributed by atoms with Crippen molar-refractivity contribution in [3.05, 3.63) is 62.7 Å². The zero-order valence-electron chi connectivity index (χ0n) is 18.9. The number of benzene rings is 1. The molecule has 2 atom stereocenters. The second kappa shape index (κ2) is 8.81. The van der Waals surface area contributed by atoms with Crippen LogP contribution in [0.15, 0.2) is 29.2 Å².